The van der Waals surface area contributed by atoms with Gasteiger partial charge in [0.05, 0.1) is 6.61 Å². The number of halogens is 2. The standard InChI is InChI=1S/C11H11F2NO4S/c12-10-2-1-8(3-7(10)6-15)14-5-9(4-11(14)16)19(13,17)18/h1-3,9,15H,4-6H2. The van der Waals surface area contributed by atoms with Gasteiger partial charge in [-0.15, -0.1) is 3.89 Å². The molecule has 1 unspecified atom stereocenters. The summed E-state index contributed by atoms with van der Waals surface area (Å²) in [5, 5.41) is 7.53. The van der Waals surface area contributed by atoms with E-state index in [-0.39, 0.29) is 17.8 Å². The van der Waals surface area contributed by atoms with Gasteiger partial charge in [0.1, 0.15) is 11.1 Å². The number of amides is 1. The van der Waals surface area contributed by atoms with Gasteiger partial charge < -0.3 is 10.0 Å². The van der Waals surface area contributed by atoms with E-state index < -0.39 is 40.2 Å². The zero-order valence-electron chi connectivity index (χ0n) is 9.71. The average Bonchev–Trinajstić information content (AvgIpc) is 2.72. The number of aliphatic hydroxyl groups excluding tert-OH is 1. The summed E-state index contributed by atoms with van der Waals surface area (Å²) in [5.74, 6) is -1.19. The van der Waals surface area contributed by atoms with Crippen molar-refractivity contribution in [3.05, 3.63) is 29.6 Å². The maximum Gasteiger partial charge on any atom is 0.307 e. The highest BCUT2D eigenvalue weighted by molar-refractivity contribution is 7.87. The Balaban J connectivity index is 2.31. The normalized spacial score (nSPS) is 20.1. The lowest BCUT2D eigenvalue weighted by atomic mass is 10.2. The average molecular weight is 291 g/mol. The third kappa shape index (κ3) is 2.74. The van der Waals surface area contributed by atoms with Crippen molar-refractivity contribution in [1.82, 2.24) is 0 Å². The molecule has 1 N–H and O–H groups in total. The minimum Gasteiger partial charge on any atom is -0.392 e. The Labute approximate surface area is 108 Å². The molecule has 104 valence electrons. The first kappa shape index (κ1) is 13.9. The first-order valence-corrected chi connectivity index (χ1v) is 6.90. The van der Waals surface area contributed by atoms with Gasteiger partial charge in [-0.3, -0.25) is 4.79 Å². The topological polar surface area (TPSA) is 74.7 Å². The Morgan fingerprint density at radius 3 is 2.63 bits per heavy atom. The van der Waals surface area contributed by atoms with E-state index in [1.807, 2.05) is 0 Å². The van der Waals surface area contributed by atoms with Crippen molar-refractivity contribution >= 4 is 21.8 Å². The lowest BCUT2D eigenvalue weighted by molar-refractivity contribution is -0.117. The van der Waals surface area contributed by atoms with Gasteiger partial charge >= 0.3 is 10.2 Å². The molecule has 1 aromatic rings. The molecule has 0 aliphatic carbocycles. The number of nitrogens with zero attached hydrogens (tertiary/aromatic N) is 1. The smallest absolute Gasteiger partial charge is 0.307 e. The number of hydrogen-bond donors (Lipinski definition) is 1. The zero-order valence-corrected chi connectivity index (χ0v) is 10.5. The second-order valence-electron chi connectivity index (χ2n) is 4.24. The molecule has 1 amide bonds. The summed E-state index contributed by atoms with van der Waals surface area (Å²) in [6.07, 6.45) is -0.440. The molecule has 1 atom stereocenters. The first-order chi connectivity index (χ1) is 8.82. The van der Waals surface area contributed by atoms with Crippen LogP contribution in [0.4, 0.5) is 14.0 Å². The third-order valence-electron chi connectivity index (χ3n) is 3.00. The highest BCUT2D eigenvalue weighted by atomic mass is 32.3. The SMILES string of the molecule is O=C1CC(S(=O)(=O)F)CN1c1ccc(F)c(CO)c1. The summed E-state index contributed by atoms with van der Waals surface area (Å²) in [4.78, 5) is 12.7. The molecule has 0 bridgehead atoms. The van der Waals surface area contributed by atoms with Gasteiger partial charge in [-0.2, -0.15) is 8.42 Å². The maximum absolute atomic E-state index is 13.2. The number of anilines is 1. The van der Waals surface area contributed by atoms with E-state index in [4.69, 9.17) is 5.11 Å². The summed E-state index contributed by atoms with van der Waals surface area (Å²) in [6, 6.07) is 3.57. The Morgan fingerprint density at radius 1 is 1.42 bits per heavy atom. The van der Waals surface area contributed by atoms with E-state index in [0.29, 0.717) is 0 Å². The molecular formula is C11H11F2NO4S. The summed E-state index contributed by atoms with van der Waals surface area (Å²) in [5.41, 5.74) is 0.221. The van der Waals surface area contributed by atoms with Crippen LogP contribution in [0.1, 0.15) is 12.0 Å². The van der Waals surface area contributed by atoms with Crippen molar-refractivity contribution in [2.24, 2.45) is 0 Å². The Hall–Kier alpha value is -1.54. The molecule has 0 aromatic heterocycles. The van der Waals surface area contributed by atoms with E-state index >= 15 is 0 Å². The van der Waals surface area contributed by atoms with Gasteiger partial charge in [0.2, 0.25) is 5.91 Å². The van der Waals surface area contributed by atoms with E-state index in [1.165, 1.54) is 12.1 Å². The quantitative estimate of drug-likeness (QED) is 0.833. The van der Waals surface area contributed by atoms with E-state index in [9.17, 15) is 21.5 Å². The van der Waals surface area contributed by atoms with Crippen LogP contribution in [0.3, 0.4) is 0 Å². The largest absolute Gasteiger partial charge is 0.392 e. The summed E-state index contributed by atoms with van der Waals surface area (Å²) < 4.78 is 47.6. The fourth-order valence-corrected chi connectivity index (χ4v) is 2.63. The van der Waals surface area contributed by atoms with Crippen LogP contribution in [0, 0.1) is 5.82 Å². The molecule has 0 saturated carbocycles. The van der Waals surface area contributed by atoms with E-state index in [1.54, 1.807) is 0 Å². The molecule has 1 aliphatic rings. The number of carbonyl (C=O) groups is 1. The molecule has 19 heavy (non-hydrogen) atoms. The van der Waals surface area contributed by atoms with Crippen molar-refractivity contribution in [1.29, 1.82) is 0 Å². The predicted molar refractivity (Wildman–Crippen MR) is 63.1 cm³/mol. The Bertz CT molecular complexity index is 617. The lowest BCUT2D eigenvalue weighted by Crippen LogP contribution is -2.27. The van der Waals surface area contributed by atoms with Crippen molar-refractivity contribution in [2.75, 3.05) is 11.4 Å². The van der Waals surface area contributed by atoms with E-state index in [2.05, 4.69) is 0 Å². The molecule has 1 heterocycles. The van der Waals surface area contributed by atoms with Crippen LogP contribution in [-0.4, -0.2) is 31.2 Å². The van der Waals surface area contributed by atoms with E-state index in [0.717, 1.165) is 11.0 Å². The number of aliphatic hydroxyl groups is 1. The molecule has 0 spiro atoms. The molecule has 1 aliphatic heterocycles. The molecule has 1 aromatic carbocycles. The summed E-state index contributed by atoms with van der Waals surface area (Å²) >= 11 is 0. The molecule has 2 rings (SSSR count). The van der Waals surface area contributed by atoms with Gasteiger partial charge in [0, 0.05) is 24.2 Å². The second-order valence-corrected chi connectivity index (χ2v) is 5.86. The zero-order chi connectivity index (χ0) is 14.2. The van der Waals surface area contributed by atoms with Crippen molar-refractivity contribution in [2.45, 2.75) is 18.3 Å². The maximum atomic E-state index is 13.2. The van der Waals surface area contributed by atoms with Crippen LogP contribution in [0.5, 0.6) is 0 Å². The number of rotatable bonds is 3. The van der Waals surface area contributed by atoms with Gasteiger partial charge in [0.15, 0.2) is 0 Å². The Morgan fingerprint density at radius 2 is 2.11 bits per heavy atom. The predicted octanol–water partition coefficient (Wildman–Crippen LogP) is 0.723. The molecule has 5 nitrogen and oxygen atoms in total. The number of hydrogen-bond acceptors (Lipinski definition) is 4. The molecule has 8 heteroatoms. The first-order valence-electron chi connectivity index (χ1n) is 5.46. The fraction of sp³-hybridized carbons (Fsp3) is 0.364. The van der Waals surface area contributed by atoms with Crippen molar-refractivity contribution in [3.8, 4) is 0 Å². The van der Waals surface area contributed by atoms with Crippen LogP contribution >= 0.6 is 0 Å². The van der Waals surface area contributed by atoms with Gasteiger partial charge in [-0.05, 0) is 18.2 Å². The fourth-order valence-electron chi connectivity index (χ4n) is 1.96. The highest BCUT2D eigenvalue weighted by Crippen LogP contribution is 2.27. The van der Waals surface area contributed by atoms with Gasteiger partial charge in [-0.25, -0.2) is 4.39 Å². The molecule has 1 fully saturated rings. The van der Waals surface area contributed by atoms with Crippen LogP contribution in [0.25, 0.3) is 0 Å². The number of carbonyl (C=O) groups excluding carboxylic acids is 1. The summed E-state index contributed by atoms with van der Waals surface area (Å²) in [6.45, 7) is -0.860. The van der Waals surface area contributed by atoms with Crippen molar-refractivity contribution in [3.63, 3.8) is 0 Å². The molecule has 1 saturated heterocycles. The second kappa shape index (κ2) is 4.86. The molecule has 0 radical (unpaired) electrons. The number of benzene rings is 1. The highest BCUT2D eigenvalue weighted by Gasteiger charge is 2.39. The van der Waals surface area contributed by atoms with Crippen LogP contribution in [0.15, 0.2) is 18.2 Å². The minimum absolute atomic E-state index is 0.0168. The minimum atomic E-state index is -4.79. The molecular weight excluding hydrogens is 280 g/mol. The summed E-state index contributed by atoms with van der Waals surface area (Å²) in [7, 11) is -4.79. The van der Waals surface area contributed by atoms with Crippen LogP contribution in [-0.2, 0) is 21.6 Å². The van der Waals surface area contributed by atoms with Gasteiger partial charge in [0.25, 0.3) is 0 Å². The van der Waals surface area contributed by atoms with Crippen LogP contribution in [0.2, 0.25) is 0 Å². The lowest BCUT2D eigenvalue weighted by Gasteiger charge is -2.17. The van der Waals surface area contributed by atoms with Crippen LogP contribution < -0.4 is 4.90 Å². The Kier molecular flexibility index (Phi) is 3.55. The third-order valence-corrected chi connectivity index (χ3v) is 4.11. The van der Waals surface area contributed by atoms with Gasteiger partial charge in [-0.1, -0.05) is 0 Å². The van der Waals surface area contributed by atoms with Crippen molar-refractivity contribution < 1.29 is 26.6 Å². The monoisotopic (exact) mass is 291 g/mol.